The third-order valence-electron chi connectivity index (χ3n) is 3.05. The van der Waals surface area contributed by atoms with E-state index in [1.54, 1.807) is 24.6 Å². The van der Waals surface area contributed by atoms with Gasteiger partial charge in [-0.2, -0.15) is 10.2 Å². The van der Waals surface area contributed by atoms with Crippen molar-refractivity contribution in [1.29, 1.82) is 5.26 Å². The Balaban J connectivity index is 2.20. The van der Waals surface area contributed by atoms with E-state index in [0.717, 1.165) is 10.4 Å². The summed E-state index contributed by atoms with van der Waals surface area (Å²) in [5, 5.41) is 10.0. The molecule has 0 saturated heterocycles. The van der Waals surface area contributed by atoms with E-state index in [1.807, 2.05) is 12.1 Å². The van der Waals surface area contributed by atoms with Gasteiger partial charge in [0.2, 0.25) is 11.7 Å². The molecule has 2 heterocycles. The first-order chi connectivity index (χ1) is 9.72. The van der Waals surface area contributed by atoms with Gasteiger partial charge in [-0.1, -0.05) is 18.2 Å². The number of hydrogen-bond donors (Lipinski definition) is 0. The number of ether oxygens (including phenoxy) is 1. The molecule has 2 aromatic heterocycles. The Hall–Kier alpha value is -2.45. The lowest BCUT2D eigenvalue weighted by Gasteiger charge is -2.04. The Bertz CT molecular complexity index is 833. The molecule has 20 heavy (non-hydrogen) atoms. The minimum Gasteiger partial charge on any atom is -0.480 e. The number of fused-ring (bicyclic) bond motifs is 1. The fourth-order valence-corrected chi connectivity index (χ4v) is 3.22. The lowest BCUT2D eigenvalue weighted by molar-refractivity contribution is 0.398. The number of methoxy groups -OCH3 is 1. The second kappa shape index (κ2) is 4.91. The van der Waals surface area contributed by atoms with E-state index >= 15 is 0 Å². The van der Waals surface area contributed by atoms with E-state index < -0.39 is 0 Å². The zero-order valence-electron chi connectivity index (χ0n) is 11.0. The molecule has 0 atom stereocenters. The van der Waals surface area contributed by atoms with Crippen LogP contribution in [0.2, 0.25) is 0 Å². The van der Waals surface area contributed by atoms with Gasteiger partial charge in [-0.15, -0.1) is 11.3 Å². The molecule has 0 radical (unpaired) electrons. The van der Waals surface area contributed by atoms with E-state index in [0.29, 0.717) is 5.88 Å². The predicted molar refractivity (Wildman–Crippen MR) is 78.9 cm³/mol. The van der Waals surface area contributed by atoms with Gasteiger partial charge >= 0.3 is 0 Å². The maximum absolute atomic E-state index is 8.84. The summed E-state index contributed by atoms with van der Waals surface area (Å²) < 4.78 is 6.52. The van der Waals surface area contributed by atoms with Crippen molar-refractivity contribution in [1.82, 2.24) is 9.97 Å². The van der Waals surface area contributed by atoms with Crippen molar-refractivity contribution in [2.45, 2.75) is 6.92 Å². The lowest BCUT2D eigenvalue weighted by atomic mass is 10.1. The summed E-state index contributed by atoms with van der Waals surface area (Å²) in [6, 6.07) is 10.2. The first kappa shape index (κ1) is 12.6. The van der Waals surface area contributed by atoms with Crippen LogP contribution < -0.4 is 4.74 Å². The predicted octanol–water partition coefficient (Wildman–Crippen LogP) is 3.55. The van der Waals surface area contributed by atoms with Crippen LogP contribution in [-0.4, -0.2) is 17.1 Å². The maximum Gasteiger partial charge on any atom is 0.235 e. The average molecular weight is 281 g/mol. The molecule has 0 fully saturated rings. The molecule has 4 nitrogen and oxygen atoms in total. The van der Waals surface area contributed by atoms with Crippen molar-refractivity contribution in [3.63, 3.8) is 0 Å². The van der Waals surface area contributed by atoms with E-state index in [9.17, 15) is 0 Å². The van der Waals surface area contributed by atoms with Crippen LogP contribution in [-0.2, 0) is 0 Å². The van der Waals surface area contributed by atoms with Crippen molar-refractivity contribution in [2.75, 3.05) is 7.11 Å². The summed E-state index contributed by atoms with van der Waals surface area (Å²) in [6.45, 7) is 2.09. The van der Waals surface area contributed by atoms with E-state index in [4.69, 9.17) is 10.00 Å². The zero-order valence-corrected chi connectivity index (χ0v) is 11.9. The molecule has 0 aliphatic heterocycles. The SMILES string of the molecule is COc1nc(C#N)ncc1-c1cc2cccc(C)c2s1. The number of nitrogens with zero attached hydrogens (tertiary/aromatic N) is 3. The van der Waals surface area contributed by atoms with Crippen molar-refractivity contribution in [3.05, 3.63) is 41.9 Å². The Morgan fingerprint density at radius 1 is 1.35 bits per heavy atom. The highest BCUT2D eigenvalue weighted by atomic mass is 32.1. The molecule has 3 aromatic rings. The summed E-state index contributed by atoms with van der Waals surface area (Å²) in [5.74, 6) is 0.545. The number of rotatable bonds is 2. The molecular formula is C15H11N3OS. The Labute approximate surface area is 120 Å². The van der Waals surface area contributed by atoms with E-state index in [1.165, 1.54) is 15.6 Å². The van der Waals surface area contributed by atoms with Gasteiger partial charge in [-0.25, -0.2) is 4.98 Å². The second-order valence-corrected chi connectivity index (χ2v) is 5.38. The number of aromatic nitrogens is 2. The number of aryl methyl sites for hydroxylation is 1. The Morgan fingerprint density at radius 3 is 2.90 bits per heavy atom. The quantitative estimate of drug-likeness (QED) is 0.720. The van der Waals surface area contributed by atoms with Crippen molar-refractivity contribution >= 4 is 21.4 Å². The van der Waals surface area contributed by atoms with Crippen LogP contribution in [0.15, 0.2) is 30.5 Å². The van der Waals surface area contributed by atoms with Crippen LogP contribution in [0.1, 0.15) is 11.4 Å². The standard InChI is InChI=1S/C15H11N3OS/c1-9-4-3-5-10-6-12(20-14(9)10)11-8-17-13(7-16)18-15(11)19-2/h3-6,8H,1-2H3. The highest BCUT2D eigenvalue weighted by Gasteiger charge is 2.13. The van der Waals surface area contributed by atoms with Gasteiger partial charge in [0.1, 0.15) is 6.07 Å². The fraction of sp³-hybridized carbons (Fsp3) is 0.133. The zero-order chi connectivity index (χ0) is 14.1. The lowest BCUT2D eigenvalue weighted by Crippen LogP contribution is -1.95. The monoisotopic (exact) mass is 281 g/mol. The molecule has 0 N–H and O–H groups in total. The van der Waals surface area contributed by atoms with Crippen LogP contribution >= 0.6 is 11.3 Å². The van der Waals surface area contributed by atoms with E-state index in [2.05, 4.69) is 35.1 Å². The van der Waals surface area contributed by atoms with Crippen LogP contribution in [0.3, 0.4) is 0 Å². The number of hydrogen-bond acceptors (Lipinski definition) is 5. The maximum atomic E-state index is 8.84. The van der Waals surface area contributed by atoms with Gasteiger partial charge in [-0.05, 0) is 23.9 Å². The highest BCUT2D eigenvalue weighted by molar-refractivity contribution is 7.22. The van der Waals surface area contributed by atoms with Gasteiger partial charge in [0.05, 0.1) is 12.7 Å². The summed E-state index contributed by atoms with van der Waals surface area (Å²) in [7, 11) is 1.55. The van der Waals surface area contributed by atoms with Crippen molar-refractivity contribution < 1.29 is 4.74 Å². The molecule has 5 heteroatoms. The van der Waals surface area contributed by atoms with Crippen LogP contribution in [0.5, 0.6) is 5.88 Å². The van der Waals surface area contributed by atoms with Crippen molar-refractivity contribution in [2.24, 2.45) is 0 Å². The molecule has 1 aromatic carbocycles. The number of nitriles is 1. The smallest absolute Gasteiger partial charge is 0.235 e. The van der Waals surface area contributed by atoms with E-state index in [-0.39, 0.29) is 5.82 Å². The Morgan fingerprint density at radius 2 is 2.20 bits per heavy atom. The first-order valence-electron chi connectivity index (χ1n) is 6.03. The van der Waals surface area contributed by atoms with Crippen LogP contribution in [0.25, 0.3) is 20.5 Å². The molecule has 98 valence electrons. The highest BCUT2D eigenvalue weighted by Crippen LogP contribution is 2.38. The minimum absolute atomic E-state index is 0.114. The number of benzene rings is 1. The summed E-state index contributed by atoms with van der Waals surface area (Å²) >= 11 is 1.68. The summed E-state index contributed by atoms with van der Waals surface area (Å²) in [4.78, 5) is 9.16. The van der Waals surface area contributed by atoms with Gasteiger partial charge in [-0.3, -0.25) is 0 Å². The van der Waals surface area contributed by atoms with Gasteiger partial charge in [0, 0.05) is 15.8 Å². The third-order valence-corrected chi connectivity index (χ3v) is 4.37. The van der Waals surface area contributed by atoms with Gasteiger partial charge < -0.3 is 4.74 Å². The van der Waals surface area contributed by atoms with Crippen molar-refractivity contribution in [3.8, 4) is 22.4 Å². The fourth-order valence-electron chi connectivity index (χ4n) is 2.09. The molecule has 3 rings (SSSR count). The van der Waals surface area contributed by atoms with Gasteiger partial charge in [0.25, 0.3) is 0 Å². The average Bonchev–Trinajstić information content (AvgIpc) is 2.92. The minimum atomic E-state index is 0.114. The van der Waals surface area contributed by atoms with Gasteiger partial charge in [0.15, 0.2) is 0 Å². The molecule has 0 amide bonds. The first-order valence-corrected chi connectivity index (χ1v) is 6.85. The largest absolute Gasteiger partial charge is 0.480 e. The number of thiophene rings is 1. The summed E-state index contributed by atoms with van der Waals surface area (Å²) in [6.07, 6.45) is 1.64. The molecule has 0 spiro atoms. The Kier molecular flexibility index (Phi) is 3.09. The topological polar surface area (TPSA) is 58.8 Å². The molecular weight excluding hydrogens is 270 g/mol. The normalized spacial score (nSPS) is 10.4. The van der Waals surface area contributed by atoms with Crippen LogP contribution in [0.4, 0.5) is 0 Å². The second-order valence-electron chi connectivity index (χ2n) is 4.33. The molecule has 0 aliphatic rings. The molecule has 0 bridgehead atoms. The molecule has 0 unspecified atom stereocenters. The summed E-state index contributed by atoms with van der Waals surface area (Å²) in [5.41, 5.74) is 2.05. The molecule has 0 saturated carbocycles. The van der Waals surface area contributed by atoms with Crippen LogP contribution in [0, 0.1) is 18.3 Å². The third kappa shape index (κ3) is 2.00. The molecule has 0 aliphatic carbocycles.